The van der Waals surface area contributed by atoms with Gasteiger partial charge in [-0.25, -0.2) is 0 Å². The lowest BCUT2D eigenvalue weighted by atomic mass is 10.2. The van der Waals surface area contributed by atoms with Gasteiger partial charge in [0.25, 0.3) is 0 Å². The Bertz CT molecular complexity index is 236. The molecule has 0 radical (unpaired) electrons. The van der Waals surface area contributed by atoms with Gasteiger partial charge in [0.2, 0.25) is 0 Å². The van der Waals surface area contributed by atoms with Crippen molar-refractivity contribution in [1.82, 2.24) is 0 Å². The third-order valence-electron chi connectivity index (χ3n) is 1.58. The molecule has 0 aromatic carbocycles. The minimum Gasteiger partial charge on any atom is -0.0861 e. The van der Waals surface area contributed by atoms with E-state index in [0.717, 1.165) is 0 Å². The molecule has 1 rings (SSSR count). The highest BCUT2D eigenvalue weighted by molar-refractivity contribution is 8.78. The van der Waals surface area contributed by atoms with Gasteiger partial charge >= 0.3 is 0 Å². The lowest BCUT2D eigenvalue weighted by molar-refractivity contribution is 0.942. The molecule has 2 heteroatoms. The Morgan fingerprint density at radius 1 is 1.31 bits per heavy atom. The third-order valence-corrected chi connectivity index (χ3v) is 4.54. The topological polar surface area (TPSA) is 0 Å². The first-order valence-electron chi connectivity index (χ1n) is 4.58. The average Bonchev–Trinajstić information content (AvgIpc) is 2.27. The molecule has 13 heavy (non-hydrogen) atoms. The molecule has 0 aromatic rings. The van der Waals surface area contributed by atoms with Gasteiger partial charge in [-0.2, -0.15) is 0 Å². The van der Waals surface area contributed by atoms with Crippen LogP contribution in [-0.4, -0.2) is 5.25 Å². The van der Waals surface area contributed by atoms with Crippen LogP contribution >= 0.6 is 21.6 Å². The van der Waals surface area contributed by atoms with E-state index in [2.05, 4.69) is 51.2 Å². The van der Waals surface area contributed by atoms with Gasteiger partial charge in [-0.3, -0.25) is 0 Å². The summed E-state index contributed by atoms with van der Waals surface area (Å²) in [5, 5.41) is 0.684. The zero-order valence-corrected chi connectivity index (χ0v) is 9.99. The van der Waals surface area contributed by atoms with Crippen LogP contribution in [0.3, 0.4) is 0 Å². The van der Waals surface area contributed by atoms with Crippen molar-refractivity contribution in [3.63, 3.8) is 0 Å². The summed E-state index contributed by atoms with van der Waals surface area (Å²) in [6.07, 6.45) is 11.0. The van der Waals surface area contributed by atoms with Crippen LogP contribution in [0.5, 0.6) is 0 Å². The highest BCUT2D eigenvalue weighted by Crippen LogP contribution is 2.35. The van der Waals surface area contributed by atoms with Gasteiger partial charge in [0.15, 0.2) is 0 Å². The van der Waals surface area contributed by atoms with Crippen molar-refractivity contribution in [2.45, 2.75) is 26.0 Å². The van der Waals surface area contributed by atoms with Gasteiger partial charge in [-0.15, -0.1) is 0 Å². The number of hydrogen-bond acceptors (Lipinski definition) is 2. The van der Waals surface area contributed by atoms with Crippen LogP contribution < -0.4 is 0 Å². The first kappa shape index (κ1) is 11.0. The molecule has 1 atom stereocenters. The van der Waals surface area contributed by atoms with Crippen LogP contribution in [0.1, 0.15) is 20.8 Å². The summed E-state index contributed by atoms with van der Waals surface area (Å²) in [5.74, 6) is 0.568. The van der Waals surface area contributed by atoms with E-state index in [9.17, 15) is 0 Å². The lowest BCUT2D eigenvalue weighted by Crippen LogP contribution is -1.81. The fourth-order valence-electron chi connectivity index (χ4n) is 0.899. The fourth-order valence-corrected chi connectivity index (χ4v) is 2.72. The largest absolute Gasteiger partial charge is 0.0861 e. The first-order valence-corrected chi connectivity index (χ1v) is 6.80. The van der Waals surface area contributed by atoms with Crippen molar-refractivity contribution in [3.05, 3.63) is 35.3 Å². The van der Waals surface area contributed by atoms with Crippen LogP contribution in [0.15, 0.2) is 35.3 Å². The van der Waals surface area contributed by atoms with Crippen LogP contribution in [0.4, 0.5) is 0 Å². The highest BCUT2D eigenvalue weighted by atomic mass is 33.1. The van der Waals surface area contributed by atoms with Crippen molar-refractivity contribution < 1.29 is 0 Å². The Kier molecular flexibility index (Phi) is 4.74. The summed E-state index contributed by atoms with van der Waals surface area (Å²) in [7, 11) is 3.77. The van der Waals surface area contributed by atoms with Gasteiger partial charge in [-0.05, 0) is 12.0 Å². The van der Waals surface area contributed by atoms with E-state index < -0.39 is 0 Å². The third kappa shape index (κ3) is 4.63. The Labute approximate surface area is 89.0 Å². The molecule has 0 aliphatic heterocycles. The summed E-state index contributed by atoms with van der Waals surface area (Å²) in [4.78, 5) is 1.35. The average molecular weight is 212 g/mol. The Hall–Kier alpha value is -0.0800. The van der Waals surface area contributed by atoms with E-state index in [1.807, 2.05) is 21.6 Å². The van der Waals surface area contributed by atoms with Crippen molar-refractivity contribution >= 4 is 21.6 Å². The standard InChI is InChI=1S/C11H16S2/c1-9(2)12-13-11-6-4-5-10(3)7-8-11/h4-10H,1-3H3. The molecule has 1 unspecified atom stereocenters. The predicted molar refractivity (Wildman–Crippen MR) is 65.8 cm³/mol. The Morgan fingerprint density at radius 3 is 2.77 bits per heavy atom. The molecule has 0 aromatic heterocycles. The first-order chi connectivity index (χ1) is 6.18. The molecule has 0 saturated carbocycles. The van der Waals surface area contributed by atoms with Crippen LogP contribution in [-0.2, 0) is 0 Å². The minimum atomic E-state index is 0.568. The van der Waals surface area contributed by atoms with Crippen molar-refractivity contribution in [1.29, 1.82) is 0 Å². The summed E-state index contributed by atoms with van der Waals surface area (Å²) in [6.45, 7) is 6.64. The molecule has 0 saturated heterocycles. The smallest absolute Gasteiger partial charge is 0.0179 e. The van der Waals surface area contributed by atoms with Crippen molar-refractivity contribution in [2.24, 2.45) is 5.92 Å². The molecule has 0 fully saturated rings. The van der Waals surface area contributed by atoms with Crippen molar-refractivity contribution in [2.75, 3.05) is 0 Å². The highest BCUT2D eigenvalue weighted by Gasteiger charge is 2.00. The maximum Gasteiger partial charge on any atom is 0.0179 e. The zero-order chi connectivity index (χ0) is 9.68. The maximum atomic E-state index is 2.24. The number of rotatable bonds is 3. The second-order valence-corrected chi connectivity index (χ2v) is 6.25. The monoisotopic (exact) mass is 212 g/mol. The molecular weight excluding hydrogens is 196 g/mol. The summed E-state index contributed by atoms with van der Waals surface area (Å²) >= 11 is 0. The van der Waals surface area contributed by atoms with E-state index in [4.69, 9.17) is 0 Å². The number of hydrogen-bond donors (Lipinski definition) is 0. The minimum absolute atomic E-state index is 0.568. The maximum absolute atomic E-state index is 2.24. The quantitative estimate of drug-likeness (QED) is 0.635. The Balaban J connectivity index is 2.46. The Morgan fingerprint density at radius 2 is 2.08 bits per heavy atom. The molecule has 0 bridgehead atoms. The van der Waals surface area contributed by atoms with Gasteiger partial charge in [0.05, 0.1) is 0 Å². The van der Waals surface area contributed by atoms with E-state index in [1.54, 1.807) is 0 Å². The van der Waals surface area contributed by atoms with Gasteiger partial charge in [0, 0.05) is 10.2 Å². The van der Waals surface area contributed by atoms with Crippen LogP contribution in [0.2, 0.25) is 0 Å². The number of allylic oxidation sites excluding steroid dienone is 5. The van der Waals surface area contributed by atoms with E-state index >= 15 is 0 Å². The summed E-state index contributed by atoms with van der Waals surface area (Å²) < 4.78 is 0. The second-order valence-electron chi connectivity index (χ2n) is 3.40. The zero-order valence-electron chi connectivity index (χ0n) is 8.36. The van der Waals surface area contributed by atoms with E-state index in [1.165, 1.54) is 4.91 Å². The van der Waals surface area contributed by atoms with Gasteiger partial charge in [-0.1, -0.05) is 66.7 Å². The lowest BCUT2D eigenvalue weighted by Gasteiger charge is -2.03. The molecule has 0 spiro atoms. The van der Waals surface area contributed by atoms with Crippen LogP contribution in [0, 0.1) is 5.92 Å². The fraction of sp³-hybridized carbons (Fsp3) is 0.455. The molecule has 72 valence electrons. The molecule has 0 nitrogen and oxygen atoms in total. The van der Waals surface area contributed by atoms with Gasteiger partial charge < -0.3 is 0 Å². The summed E-state index contributed by atoms with van der Waals surface area (Å²) in [5.41, 5.74) is 0. The molecular formula is C11H16S2. The van der Waals surface area contributed by atoms with Crippen LogP contribution in [0.25, 0.3) is 0 Å². The SMILES string of the molecule is CC1C=CC=C(SSC(C)C)C=C1. The predicted octanol–water partition coefficient (Wildman–Crippen LogP) is 4.42. The van der Waals surface area contributed by atoms with E-state index in [-0.39, 0.29) is 0 Å². The molecule has 1 aliphatic rings. The van der Waals surface area contributed by atoms with Crippen molar-refractivity contribution in [3.8, 4) is 0 Å². The molecule has 1 aliphatic carbocycles. The molecule has 0 amide bonds. The van der Waals surface area contributed by atoms with Gasteiger partial charge in [0.1, 0.15) is 0 Å². The molecule has 0 N–H and O–H groups in total. The van der Waals surface area contributed by atoms with E-state index in [0.29, 0.717) is 11.2 Å². The normalized spacial score (nSPS) is 21.8. The second kappa shape index (κ2) is 5.61. The summed E-state index contributed by atoms with van der Waals surface area (Å²) in [6, 6.07) is 0. The molecule has 0 heterocycles.